The van der Waals surface area contributed by atoms with Crippen LogP contribution in [0, 0.1) is 17.1 Å². The van der Waals surface area contributed by atoms with E-state index in [0.717, 1.165) is 4.70 Å². The van der Waals surface area contributed by atoms with E-state index in [-0.39, 0.29) is 27.7 Å². The van der Waals surface area contributed by atoms with Crippen LogP contribution in [0.1, 0.15) is 43.7 Å². The highest BCUT2D eigenvalue weighted by Gasteiger charge is 2.37. The van der Waals surface area contributed by atoms with Gasteiger partial charge in [-0.3, -0.25) is 14.7 Å². The number of aromatic amines is 1. The molecule has 1 aliphatic rings. The number of halogens is 2. The number of carbonyl (C=O) groups excluding carboxylic acids is 2. The summed E-state index contributed by atoms with van der Waals surface area (Å²) >= 11 is 7.56. The summed E-state index contributed by atoms with van der Waals surface area (Å²) in [4.78, 5) is 26.4. The van der Waals surface area contributed by atoms with Crippen molar-refractivity contribution in [3.05, 3.63) is 87.4 Å². The van der Waals surface area contributed by atoms with Crippen molar-refractivity contribution in [1.82, 2.24) is 19.9 Å². The first-order valence-electron chi connectivity index (χ1n) is 10.3. The molecule has 2 aromatic heterocycles. The van der Waals surface area contributed by atoms with Crippen molar-refractivity contribution in [2.24, 2.45) is 0 Å². The average Bonchev–Trinajstić information content (AvgIpc) is 3.55. The highest BCUT2D eigenvalue weighted by atomic mass is 35.5. The van der Waals surface area contributed by atoms with Gasteiger partial charge in [0.1, 0.15) is 17.6 Å². The maximum atomic E-state index is 14.1. The Bertz CT molecular complexity index is 1750. The summed E-state index contributed by atoms with van der Waals surface area (Å²) in [5.41, 5.74) is 1.79. The van der Waals surface area contributed by atoms with E-state index in [1.54, 1.807) is 12.1 Å². The Kier molecular flexibility index (Phi) is 4.77. The molecule has 0 saturated heterocycles. The normalized spacial score (nSPS) is 14.7. The number of rotatable bonds is 3. The molecule has 35 heavy (non-hydrogen) atoms. The van der Waals surface area contributed by atoms with E-state index in [1.165, 1.54) is 29.7 Å². The van der Waals surface area contributed by atoms with Crippen molar-refractivity contribution in [2.75, 3.05) is 5.32 Å². The molecule has 0 aliphatic carbocycles. The van der Waals surface area contributed by atoms with Crippen molar-refractivity contribution >= 4 is 61.6 Å². The molecule has 11 heteroatoms. The number of carbonyl (C=O) groups is 2. The van der Waals surface area contributed by atoms with E-state index < -0.39 is 23.7 Å². The Hall–Kier alpha value is -4.33. The van der Waals surface area contributed by atoms with Gasteiger partial charge in [-0.2, -0.15) is 14.7 Å². The summed E-state index contributed by atoms with van der Waals surface area (Å²) < 4.78 is 19.3. The fraction of sp³-hybridized carbons (Fsp3) is 0.0417. The number of hydrogen-bond acceptors (Lipinski definition) is 6. The Balaban J connectivity index is 1.56. The molecule has 1 unspecified atom stereocenters. The maximum absolute atomic E-state index is 14.1. The van der Waals surface area contributed by atoms with Gasteiger partial charge in [-0.15, -0.1) is 0 Å². The zero-order chi connectivity index (χ0) is 24.3. The van der Waals surface area contributed by atoms with E-state index in [2.05, 4.69) is 25.2 Å². The van der Waals surface area contributed by atoms with Gasteiger partial charge in [0.05, 0.1) is 21.8 Å². The van der Waals surface area contributed by atoms with Crippen molar-refractivity contribution in [1.29, 1.82) is 5.26 Å². The first kappa shape index (κ1) is 21.2. The second kappa shape index (κ2) is 7.87. The minimum Gasteiger partial charge on any atom is -0.341 e. The lowest BCUT2D eigenvalue weighted by Gasteiger charge is -2.18. The molecule has 170 valence electrons. The molecule has 8 nitrogen and oxygen atoms in total. The van der Waals surface area contributed by atoms with Crippen molar-refractivity contribution < 1.29 is 14.0 Å². The predicted octanol–water partition coefficient (Wildman–Crippen LogP) is 4.92. The van der Waals surface area contributed by atoms with Crippen LogP contribution >= 0.6 is 23.1 Å². The molecule has 1 aliphatic heterocycles. The van der Waals surface area contributed by atoms with Crippen LogP contribution in [0.3, 0.4) is 0 Å². The van der Waals surface area contributed by atoms with Crippen LogP contribution in [-0.4, -0.2) is 26.4 Å². The number of anilines is 1. The van der Waals surface area contributed by atoms with Crippen molar-refractivity contribution in [2.45, 2.75) is 6.04 Å². The standard InChI is InChI=1S/C24H12ClFN6O2S/c25-14-6-5-10(26)7-12(14)20-18-15(28-24(34)22-11-3-1-2-4-17(11)35-32-22)8-13-16(9-27)30-31-21(13)19(18)23(33)29-20/h1-8,20H,(H,28,34)(H,29,33)(H,30,31). The minimum absolute atomic E-state index is 0.0671. The molecular weight excluding hydrogens is 491 g/mol. The molecule has 0 spiro atoms. The Morgan fingerprint density at radius 3 is 2.86 bits per heavy atom. The van der Waals surface area contributed by atoms with E-state index in [4.69, 9.17) is 11.6 Å². The molecule has 3 N–H and O–H groups in total. The largest absolute Gasteiger partial charge is 0.341 e. The van der Waals surface area contributed by atoms with Gasteiger partial charge in [-0.1, -0.05) is 29.8 Å². The van der Waals surface area contributed by atoms with Crippen LogP contribution in [0.5, 0.6) is 0 Å². The zero-order valence-corrected chi connectivity index (χ0v) is 19.1. The quantitative estimate of drug-likeness (QED) is 0.323. The number of fused-ring (bicyclic) bond motifs is 4. The molecule has 2 amide bonds. The van der Waals surface area contributed by atoms with Crippen LogP contribution in [-0.2, 0) is 0 Å². The third-order valence-electron chi connectivity index (χ3n) is 5.91. The van der Waals surface area contributed by atoms with E-state index in [0.29, 0.717) is 27.4 Å². The van der Waals surface area contributed by atoms with Crippen LogP contribution in [0.25, 0.3) is 21.0 Å². The van der Waals surface area contributed by atoms with Gasteiger partial charge < -0.3 is 10.6 Å². The summed E-state index contributed by atoms with van der Waals surface area (Å²) in [6, 6.07) is 13.9. The summed E-state index contributed by atoms with van der Waals surface area (Å²) in [5.74, 6) is -1.49. The lowest BCUT2D eigenvalue weighted by molar-refractivity contribution is 0.0960. The molecule has 0 bridgehead atoms. The number of H-pyrrole nitrogens is 1. The Labute approximate surface area is 205 Å². The van der Waals surface area contributed by atoms with Gasteiger partial charge in [0, 0.05) is 32.6 Å². The molecule has 5 aromatic rings. The average molecular weight is 503 g/mol. The monoisotopic (exact) mass is 502 g/mol. The van der Waals surface area contributed by atoms with Gasteiger partial charge >= 0.3 is 0 Å². The van der Waals surface area contributed by atoms with Crippen LogP contribution < -0.4 is 10.6 Å². The molecular formula is C24H12ClFN6O2S. The second-order valence-corrected chi connectivity index (χ2v) is 9.09. The second-order valence-electron chi connectivity index (χ2n) is 7.87. The van der Waals surface area contributed by atoms with Gasteiger partial charge in [-0.05, 0) is 41.9 Å². The number of benzene rings is 3. The fourth-order valence-electron chi connectivity index (χ4n) is 4.37. The first-order chi connectivity index (χ1) is 17.0. The van der Waals surface area contributed by atoms with Crippen molar-refractivity contribution in [3.63, 3.8) is 0 Å². The summed E-state index contributed by atoms with van der Waals surface area (Å²) in [7, 11) is 0. The third-order valence-corrected chi connectivity index (χ3v) is 7.08. The number of nitrogens with one attached hydrogen (secondary N) is 3. The molecule has 6 rings (SSSR count). The highest BCUT2D eigenvalue weighted by molar-refractivity contribution is 7.13. The lowest BCUT2D eigenvalue weighted by Crippen LogP contribution is -2.21. The molecule has 0 radical (unpaired) electrons. The zero-order valence-electron chi connectivity index (χ0n) is 17.5. The van der Waals surface area contributed by atoms with Gasteiger partial charge in [0.25, 0.3) is 11.8 Å². The fourth-order valence-corrected chi connectivity index (χ4v) is 5.37. The molecule has 1 atom stereocenters. The van der Waals surface area contributed by atoms with Crippen molar-refractivity contribution in [3.8, 4) is 6.07 Å². The van der Waals surface area contributed by atoms with Gasteiger partial charge in [0.2, 0.25) is 0 Å². The Morgan fingerprint density at radius 1 is 1.20 bits per heavy atom. The van der Waals surface area contributed by atoms with E-state index >= 15 is 0 Å². The number of nitrogens with zero attached hydrogens (tertiary/aromatic N) is 3. The molecule has 0 saturated carbocycles. The number of amides is 2. The predicted molar refractivity (Wildman–Crippen MR) is 129 cm³/mol. The molecule has 3 aromatic carbocycles. The third kappa shape index (κ3) is 3.24. The smallest absolute Gasteiger partial charge is 0.276 e. The lowest BCUT2D eigenvalue weighted by atomic mass is 9.94. The van der Waals surface area contributed by atoms with E-state index in [9.17, 15) is 19.2 Å². The van der Waals surface area contributed by atoms with Crippen LogP contribution in [0.2, 0.25) is 5.02 Å². The van der Waals surface area contributed by atoms with Crippen LogP contribution in [0.4, 0.5) is 10.1 Å². The minimum atomic E-state index is -0.846. The van der Waals surface area contributed by atoms with Crippen LogP contribution in [0.15, 0.2) is 48.5 Å². The maximum Gasteiger partial charge on any atom is 0.276 e. The number of nitriles is 1. The van der Waals surface area contributed by atoms with Gasteiger partial charge in [-0.25, -0.2) is 4.39 Å². The summed E-state index contributed by atoms with van der Waals surface area (Å²) in [5, 5.41) is 23.2. The topological polar surface area (TPSA) is 124 Å². The van der Waals surface area contributed by atoms with Gasteiger partial charge in [0.15, 0.2) is 5.69 Å². The summed E-state index contributed by atoms with van der Waals surface area (Å²) in [6.45, 7) is 0. The highest BCUT2D eigenvalue weighted by Crippen LogP contribution is 2.43. The number of aromatic nitrogens is 3. The SMILES string of the molecule is N#Cc1n[nH]c2c3c(c(NC(=O)c4nsc5ccccc45)cc12)C(c1cc(F)ccc1Cl)NC3=O. The van der Waals surface area contributed by atoms with E-state index in [1.807, 2.05) is 24.3 Å². The molecule has 0 fully saturated rings. The molecule has 3 heterocycles. The first-order valence-corrected chi connectivity index (χ1v) is 11.5. The Morgan fingerprint density at radius 2 is 2.03 bits per heavy atom. The number of hydrogen-bond donors (Lipinski definition) is 3. The summed E-state index contributed by atoms with van der Waals surface area (Å²) in [6.07, 6.45) is 0.